The Morgan fingerprint density at radius 3 is 2.47 bits per heavy atom. The Labute approximate surface area is 284 Å². The Morgan fingerprint density at radius 2 is 1.71 bits per heavy atom. The molecule has 12 heteroatoms. The smallest absolute Gasteiger partial charge is 0.310 e. The van der Waals surface area contributed by atoms with Gasteiger partial charge in [-0.2, -0.15) is 5.10 Å². The third-order valence-electron chi connectivity index (χ3n) is 8.41. The van der Waals surface area contributed by atoms with Gasteiger partial charge in [0.25, 0.3) is 11.8 Å². The van der Waals surface area contributed by atoms with Gasteiger partial charge in [0.15, 0.2) is 5.69 Å². The van der Waals surface area contributed by atoms with Gasteiger partial charge in [0.05, 0.1) is 49.7 Å². The molecule has 2 amide bonds. The van der Waals surface area contributed by atoms with Gasteiger partial charge in [0.1, 0.15) is 17.5 Å². The molecule has 1 atom stereocenters. The molecule has 1 aromatic heterocycles. The Morgan fingerprint density at radius 1 is 0.939 bits per heavy atom. The molecule has 0 spiro atoms. The first-order chi connectivity index (χ1) is 23.5. The maximum Gasteiger partial charge on any atom is 0.310 e. The molecule has 2 saturated heterocycles. The number of anilines is 3. The molecule has 0 radical (unpaired) electrons. The molecule has 2 fully saturated rings. The highest BCUT2D eigenvalue weighted by Gasteiger charge is 2.25. The number of nitrogens with zero attached hydrogens (tertiary/aromatic N) is 3. The van der Waals surface area contributed by atoms with Crippen LogP contribution < -0.4 is 15.5 Å². The molecule has 3 aromatic carbocycles. The third kappa shape index (κ3) is 8.44. The van der Waals surface area contributed by atoms with Crippen LogP contribution in [-0.4, -0.2) is 72.2 Å². The van der Waals surface area contributed by atoms with E-state index in [0.29, 0.717) is 37.4 Å². The number of para-hydroxylation sites is 1. The molecule has 0 saturated carbocycles. The zero-order valence-corrected chi connectivity index (χ0v) is 28.1. The van der Waals surface area contributed by atoms with Crippen molar-refractivity contribution in [2.45, 2.75) is 64.7 Å². The van der Waals surface area contributed by atoms with E-state index in [1.165, 1.54) is 18.2 Å². The summed E-state index contributed by atoms with van der Waals surface area (Å²) in [7, 11) is 0. The normalized spacial score (nSPS) is 16.7. The van der Waals surface area contributed by atoms with E-state index in [1.807, 2.05) is 30.3 Å². The predicted octanol–water partition coefficient (Wildman–Crippen LogP) is 5.97. The fraction of sp³-hybridized carbons (Fsp3) is 0.405. The van der Waals surface area contributed by atoms with Crippen LogP contribution in [0.15, 0.2) is 60.7 Å². The number of hydrogen-bond donors (Lipinski definition) is 2. The van der Waals surface area contributed by atoms with Crippen molar-refractivity contribution >= 4 is 45.7 Å². The number of nitrogens with one attached hydrogen (secondary N) is 2. The minimum absolute atomic E-state index is 0.181. The highest BCUT2D eigenvalue weighted by molar-refractivity contribution is 6.13. The van der Waals surface area contributed by atoms with Crippen molar-refractivity contribution in [3.05, 3.63) is 83.3 Å². The third-order valence-corrected chi connectivity index (χ3v) is 8.41. The minimum atomic E-state index is -0.714. The summed E-state index contributed by atoms with van der Waals surface area (Å²) in [6.45, 7) is 8.82. The Hall–Kier alpha value is -4.81. The summed E-state index contributed by atoms with van der Waals surface area (Å²) in [5.41, 5.74) is 2.45. The topological polar surface area (TPSA) is 124 Å². The number of piperidine rings is 1. The zero-order chi connectivity index (χ0) is 34.5. The van der Waals surface area contributed by atoms with Crippen LogP contribution >= 0.6 is 0 Å². The van der Waals surface area contributed by atoms with Crippen LogP contribution in [0.3, 0.4) is 0 Å². The van der Waals surface area contributed by atoms with Crippen molar-refractivity contribution in [2.24, 2.45) is 0 Å². The molecule has 3 heterocycles. The number of esters is 1. The lowest BCUT2D eigenvalue weighted by Crippen LogP contribution is -2.32. The van der Waals surface area contributed by atoms with Crippen LogP contribution in [0.2, 0.25) is 0 Å². The van der Waals surface area contributed by atoms with Gasteiger partial charge < -0.3 is 29.7 Å². The van der Waals surface area contributed by atoms with Crippen molar-refractivity contribution < 1.29 is 33.0 Å². The molecule has 2 N–H and O–H groups in total. The number of carbonyl (C=O) groups is 3. The van der Waals surface area contributed by atoms with E-state index in [9.17, 15) is 18.8 Å². The lowest BCUT2D eigenvalue weighted by molar-refractivity contribution is -0.153. The summed E-state index contributed by atoms with van der Waals surface area (Å²) in [6, 6.07) is 16.6. The molecule has 11 nitrogen and oxygen atoms in total. The lowest BCUT2D eigenvalue weighted by atomic mass is 10.1. The SMILES string of the molecule is CC(C)(C)OC(=O)Cc1cc(F)ccc1NC(=O)c1ccc(N2CCCCC2)c(NC(=O)c2nn(CC3COCCO3)c3ccccc23)c1. The second kappa shape index (κ2) is 14.8. The first-order valence-corrected chi connectivity index (χ1v) is 16.7. The van der Waals surface area contributed by atoms with Gasteiger partial charge in [-0.1, -0.05) is 18.2 Å². The van der Waals surface area contributed by atoms with Crippen molar-refractivity contribution in [3.8, 4) is 0 Å². The van der Waals surface area contributed by atoms with Crippen LogP contribution in [0.5, 0.6) is 0 Å². The van der Waals surface area contributed by atoms with E-state index in [4.69, 9.17) is 19.3 Å². The van der Waals surface area contributed by atoms with Gasteiger partial charge in [-0.15, -0.1) is 0 Å². The number of halogens is 1. The van der Waals surface area contributed by atoms with E-state index >= 15 is 0 Å². The van der Waals surface area contributed by atoms with Crippen LogP contribution in [0.25, 0.3) is 10.9 Å². The molecule has 1 unspecified atom stereocenters. The highest BCUT2D eigenvalue weighted by atomic mass is 19.1. The van der Waals surface area contributed by atoms with E-state index in [0.717, 1.165) is 43.6 Å². The van der Waals surface area contributed by atoms with Crippen LogP contribution in [-0.2, 0) is 32.0 Å². The van der Waals surface area contributed by atoms with Gasteiger partial charge in [-0.05, 0) is 88.1 Å². The molecule has 2 aliphatic heterocycles. The van der Waals surface area contributed by atoms with Gasteiger partial charge in [-0.3, -0.25) is 19.1 Å². The highest BCUT2D eigenvalue weighted by Crippen LogP contribution is 2.32. The fourth-order valence-electron chi connectivity index (χ4n) is 6.20. The largest absolute Gasteiger partial charge is 0.460 e. The molecular weight excluding hydrogens is 629 g/mol. The van der Waals surface area contributed by atoms with Gasteiger partial charge in [0, 0.05) is 29.7 Å². The second-order valence-corrected chi connectivity index (χ2v) is 13.4. The van der Waals surface area contributed by atoms with Crippen molar-refractivity contribution in [2.75, 3.05) is 48.4 Å². The minimum Gasteiger partial charge on any atom is -0.460 e. The number of ether oxygens (including phenoxy) is 3. The molecule has 0 bridgehead atoms. The summed E-state index contributed by atoms with van der Waals surface area (Å²) in [5, 5.41) is 11.3. The van der Waals surface area contributed by atoms with Gasteiger partial charge >= 0.3 is 5.97 Å². The van der Waals surface area contributed by atoms with E-state index in [-0.39, 0.29) is 35.0 Å². The maximum atomic E-state index is 14.2. The first kappa shape index (κ1) is 34.1. The number of benzene rings is 3. The quantitative estimate of drug-likeness (QED) is 0.209. The summed E-state index contributed by atoms with van der Waals surface area (Å²) in [6.07, 6.45) is 2.76. The zero-order valence-electron chi connectivity index (χ0n) is 28.1. The molecule has 6 rings (SSSR count). The lowest BCUT2D eigenvalue weighted by Gasteiger charge is -2.30. The summed E-state index contributed by atoms with van der Waals surface area (Å²) >= 11 is 0. The number of carbonyl (C=O) groups excluding carboxylic acids is 3. The summed E-state index contributed by atoms with van der Waals surface area (Å²) in [5.74, 6) is -1.98. The second-order valence-electron chi connectivity index (χ2n) is 13.4. The fourth-order valence-corrected chi connectivity index (χ4v) is 6.20. The van der Waals surface area contributed by atoms with Gasteiger partial charge in [-0.25, -0.2) is 4.39 Å². The average Bonchev–Trinajstić information content (AvgIpc) is 3.44. The van der Waals surface area contributed by atoms with E-state index in [2.05, 4.69) is 15.5 Å². The summed E-state index contributed by atoms with van der Waals surface area (Å²) < 4.78 is 32.8. The van der Waals surface area contributed by atoms with Crippen LogP contribution in [0, 0.1) is 5.82 Å². The number of fused-ring (bicyclic) bond motifs is 1. The summed E-state index contributed by atoms with van der Waals surface area (Å²) in [4.78, 5) is 42.4. The Balaban J connectivity index is 1.28. The molecular formula is C37H42FN5O6. The standard InChI is InChI=1S/C37H42FN5O6/c1-37(2,3)49-33(44)21-25-19-26(38)12-13-29(25)39-35(45)24-11-14-32(42-15-7-4-8-16-42)30(20-24)40-36(46)34-28-9-5-6-10-31(28)43(41-34)22-27-23-47-17-18-48-27/h5-6,9-14,19-20,27H,4,7-8,15-18,21-23H2,1-3H3,(H,39,45)(H,40,46). The number of rotatable bonds is 9. The molecule has 4 aromatic rings. The predicted molar refractivity (Wildman–Crippen MR) is 185 cm³/mol. The molecule has 258 valence electrons. The van der Waals surface area contributed by atoms with E-state index < -0.39 is 29.2 Å². The van der Waals surface area contributed by atoms with Crippen LogP contribution in [0.1, 0.15) is 66.4 Å². The van der Waals surface area contributed by atoms with Crippen molar-refractivity contribution in [1.29, 1.82) is 0 Å². The molecule has 49 heavy (non-hydrogen) atoms. The first-order valence-electron chi connectivity index (χ1n) is 16.7. The molecule has 0 aliphatic carbocycles. The van der Waals surface area contributed by atoms with Crippen molar-refractivity contribution in [1.82, 2.24) is 9.78 Å². The maximum absolute atomic E-state index is 14.2. The average molecular weight is 672 g/mol. The number of amides is 2. The van der Waals surface area contributed by atoms with Crippen LogP contribution in [0.4, 0.5) is 21.5 Å². The Kier molecular flexibility index (Phi) is 10.3. The van der Waals surface area contributed by atoms with Crippen molar-refractivity contribution in [3.63, 3.8) is 0 Å². The number of aromatic nitrogens is 2. The number of hydrogen-bond acceptors (Lipinski definition) is 8. The molecule has 2 aliphatic rings. The Bertz CT molecular complexity index is 1840. The monoisotopic (exact) mass is 671 g/mol. The van der Waals surface area contributed by atoms with Gasteiger partial charge in [0.2, 0.25) is 0 Å². The van der Waals surface area contributed by atoms with E-state index in [1.54, 1.807) is 37.6 Å².